The van der Waals surface area contributed by atoms with E-state index in [2.05, 4.69) is 42.6 Å². The summed E-state index contributed by atoms with van der Waals surface area (Å²) in [7, 11) is 1.66. The predicted molar refractivity (Wildman–Crippen MR) is 156 cm³/mol. The molecule has 10 heteroatoms. The van der Waals surface area contributed by atoms with Crippen LogP contribution in [0.3, 0.4) is 0 Å². The molecule has 8 nitrogen and oxygen atoms in total. The number of piperidine rings is 1. The number of terminal acetylenes is 1. The van der Waals surface area contributed by atoms with Gasteiger partial charge in [0.15, 0.2) is 5.65 Å². The highest BCUT2D eigenvalue weighted by molar-refractivity contribution is 7.99. The first kappa shape index (κ1) is 26.0. The molecule has 0 bridgehead atoms. The van der Waals surface area contributed by atoms with Gasteiger partial charge in [-0.25, -0.2) is 15.0 Å². The third-order valence-corrected chi connectivity index (χ3v) is 9.50. The number of benzene rings is 1. The van der Waals surface area contributed by atoms with Gasteiger partial charge < -0.3 is 20.7 Å². The number of anilines is 2. The molecule has 4 aromatic rings. The Hall–Kier alpha value is -3.29. The molecule has 1 saturated heterocycles. The van der Waals surface area contributed by atoms with Crippen LogP contribution in [0.5, 0.6) is 0 Å². The lowest BCUT2D eigenvalue weighted by Crippen LogP contribution is -2.45. The number of hydrogen-bond donors (Lipinski definition) is 2. The maximum absolute atomic E-state index is 6.83. The third-order valence-electron chi connectivity index (χ3n) is 7.94. The quantitative estimate of drug-likeness (QED) is 0.246. The number of pyridine rings is 1. The zero-order chi connectivity index (χ0) is 27.0. The minimum absolute atomic E-state index is 0.0282. The van der Waals surface area contributed by atoms with E-state index in [9.17, 15) is 0 Å². The van der Waals surface area contributed by atoms with E-state index in [0.29, 0.717) is 24.0 Å². The highest BCUT2D eigenvalue weighted by Gasteiger charge is 2.46. The summed E-state index contributed by atoms with van der Waals surface area (Å²) in [6, 6.07) is 8.19. The Morgan fingerprint density at radius 2 is 2.05 bits per heavy atom. The monoisotopic (exact) mass is 559 g/mol. The highest BCUT2D eigenvalue weighted by atomic mass is 35.5. The Balaban J connectivity index is 1.20. The van der Waals surface area contributed by atoms with Crippen LogP contribution in [0.1, 0.15) is 35.6 Å². The molecule has 3 aromatic heterocycles. The number of methoxy groups -OCH3 is 1. The summed E-state index contributed by atoms with van der Waals surface area (Å²) >= 11 is 8.21. The van der Waals surface area contributed by atoms with Gasteiger partial charge >= 0.3 is 0 Å². The second-order valence-electron chi connectivity index (χ2n) is 10.1. The molecular formula is C29H30ClN7OS. The van der Waals surface area contributed by atoms with Crippen molar-refractivity contribution < 1.29 is 4.74 Å². The second-order valence-corrected chi connectivity index (χ2v) is 11.6. The van der Waals surface area contributed by atoms with E-state index in [1.54, 1.807) is 13.3 Å². The van der Waals surface area contributed by atoms with Crippen molar-refractivity contribution in [2.45, 2.75) is 35.1 Å². The van der Waals surface area contributed by atoms with E-state index in [1.165, 1.54) is 22.9 Å². The summed E-state index contributed by atoms with van der Waals surface area (Å²) in [6.45, 7) is 2.95. The molecule has 6 rings (SSSR count). The van der Waals surface area contributed by atoms with Crippen molar-refractivity contribution in [3.63, 3.8) is 0 Å². The topological polar surface area (TPSA) is 93.6 Å². The number of hydrogen-bond acceptors (Lipinski definition) is 8. The van der Waals surface area contributed by atoms with Crippen LogP contribution in [0.2, 0.25) is 5.02 Å². The highest BCUT2D eigenvalue weighted by Crippen LogP contribution is 2.51. The molecular weight excluding hydrogens is 530 g/mol. The largest absolute Gasteiger partial charge is 0.383 e. The summed E-state index contributed by atoms with van der Waals surface area (Å²) in [4.78, 5) is 18.1. The molecule has 39 heavy (non-hydrogen) atoms. The Morgan fingerprint density at radius 3 is 2.85 bits per heavy atom. The molecule has 1 aliphatic carbocycles. The molecule has 1 spiro atoms. The lowest BCUT2D eigenvalue weighted by Gasteiger charge is -2.42. The minimum atomic E-state index is 0.0282. The number of fused-ring (bicyclic) bond motifs is 2. The van der Waals surface area contributed by atoms with E-state index < -0.39 is 0 Å². The molecule has 0 unspecified atom stereocenters. The summed E-state index contributed by atoms with van der Waals surface area (Å²) in [5.74, 6) is 4.28. The Labute approximate surface area is 237 Å². The van der Waals surface area contributed by atoms with E-state index >= 15 is 0 Å². The van der Waals surface area contributed by atoms with Crippen LogP contribution in [-0.4, -0.2) is 52.7 Å². The van der Waals surface area contributed by atoms with Crippen molar-refractivity contribution >= 4 is 40.8 Å². The zero-order valence-corrected chi connectivity index (χ0v) is 23.3. The maximum atomic E-state index is 6.83. The van der Waals surface area contributed by atoms with Crippen LogP contribution in [0, 0.1) is 17.8 Å². The Morgan fingerprint density at radius 1 is 1.21 bits per heavy atom. The molecule has 2 aliphatic rings. The lowest BCUT2D eigenvalue weighted by molar-refractivity contribution is 0.186. The third kappa shape index (κ3) is 4.72. The zero-order valence-electron chi connectivity index (χ0n) is 21.7. The van der Waals surface area contributed by atoms with Crippen LogP contribution in [0.4, 0.5) is 11.8 Å². The van der Waals surface area contributed by atoms with Crippen LogP contribution >= 0.6 is 23.4 Å². The SMILES string of the molecule is C#Cc1ccc2c(c1)CC1(CCN(c3ncc(Sc4ccnc(NCCOC)c4Cl)c4nccn34)CC1)[C@@H]2N. The summed E-state index contributed by atoms with van der Waals surface area (Å²) < 4.78 is 7.18. The molecule has 0 radical (unpaired) electrons. The predicted octanol–water partition coefficient (Wildman–Crippen LogP) is 4.81. The van der Waals surface area contributed by atoms with E-state index in [0.717, 1.165) is 59.3 Å². The van der Waals surface area contributed by atoms with Gasteiger partial charge in [0.2, 0.25) is 5.95 Å². The van der Waals surface area contributed by atoms with Crippen molar-refractivity contribution in [3.8, 4) is 12.3 Å². The van der Waals surface area contributed by atoms with Crippen LogP contribution in [-0.2, 0) is 11.2 Å². The van der Waals surface area contributed by atoms with Gasteiger partial charge in [-0.15, -0.1) is 6.42 Å². The second kappa shape index (κ2) is 10.7. The number of ether oxygens (including phenoxy) is 1. The van der Waals surface area contributed by atoms with Gasteiger partial charge in [-0.3, -0.25) is 4.40 Å². The molecule has 0 amide bonds. The lowest BCUT2D eigenvalue weighted by atomic mass is 9.73. The first-order valence-corrected chi connectivity index (χ1v) is 14.2. The molecule has 1 atom stereocenters. The smallest absolute Gasteiger partial charge is 0.211 e. The number of halogens is 1. The number of imidazole rings is 1. The fourth-order valence-electron chi connectivity index (χ4n) is 5.82. The standard InChI is InChI=1S/C29H30ClN7OS/c1-3-19-4-5-21-20(16-19)17-29(25(21)31)7-12-36(13-8-29)28-35-18-23(27-34-10-14-37(27)28)39-22-6-9-32-26(24(22)30)33-11-15-38-2/h1,4-6,9-10,14,16,18,25H,7-8,11-13,15,17,31H2,2H3,(H,32,33)/t25-/m1/s1. The summed E-state index contributed by atoms with van der Waals surface area (Å²) in [5.41, 5.74) is 11.2. The molecule has 1 aromatic carbocycles. The molecule has 1 fully saturated rings. The van der Waals surface area contributed by atoms with Crippen LogP contribution in [0.25, 0.3) is 5.65 Å². The first-order chi connectivity index (χ1) is 19.0. The average molecular weight is 560 g/mol. The first-order valence-electron chi connectivity index (χ1n) is 13.0. The van der Waals surface area contributed by atoms with Gasteiger partial charge in [0.05, 0.1) is 16.5 Å². The number of nitrogens with two attached hydrogens (primary N) is 1. The van der Waals surface area contributed by atoms with Gasteiger partial charge in [0, 0.05) is 68.0 Å². The number of nitrogens with one attached hydrogen (secondary N) is 1. The fraction of sp³-hybridized carbons (Fsp3) is 0.345. The molecule has 3 N–H and O–H groups in total. The summed E-state index contributed by atoms with van der Waals surface area (Å²) in [5, 5.41) is 3.78. The van der Waals surface area contributed by atoms with Crippen molar-refractivity contribution in [2.75, 3.05) is 43.6 Å². The van der Waals surface area contributed by atoms with E-state index in [-0.39, 0.29) is 11.5 Å². The molecule has 4 heterocycles. The van der Waals surface area contributed by atoms with Crippen molar-refractivity contribution in [1.29, 1.82) is 0 Å². The minimum Gasteiger partial charge on any atom is -0.383 e. The Bertz CT molecular complexity index is 1560. The molecule has 1 aliphatic heterocycles. The maximum Gasteiger partial charge on any atom is 0.211 e. The van der Waals surface area contributed by atoms with Crippen LogP contribution < -0.4 is 16.0 Å². The summed E-state index contributed by atoms with van der Waals surface area (Å²) in [6.07, 6.45) is 16.0. The van der Waals surface area contributed by atoms with E-state index in [4.69, 9.17) is 33.5 Å². The van der Waals surface area contributed by atoms with Gasteiger partial charge in [0.1, 0.15) is 5.82 Å². The van der Waals surface area contributed by atoms with Crippen LogP contribution in [0.15, 0.2) is 58.8 Å². The average Bonchev–Trinajstić information content (AvgIpc) is 3.55. The van der Waals surface area contributed by atoms with E-state index in [1.807, 2.05) is 30.7 Å². The molecule has 0 saturated carbocycles. The van der Waals surface area contributed by atoms with Crippen molar-refractivity contribution in [3.05, 3.63) is 70.8 Å². The number of aromatic nitrogens is 4. The Kier molecular flexibility index (Phi) is 7.12. The molecule has 200 valence electrons. The van der Waals surface area contributed by atoms with Crippen molar-refractivity contribution in [2.24, 2.45) is 11.1 Å². The van der Waals surface area contributed by atoms with Gasteiger partial charge in [-0.2, -0.15) is 0 Å². The van der Waals surface area contributed by atoms with Crippen molar-refractivity contribution in [1.82, 2.24) is 19.4 Å². The number of rotatable bonds is 7. The van der Waals surface area contributed by atoms with Gasteiger partial charge in [-0.05, 0) is 54.0 Å². The fourth-order valence-corrected chi connectivity index (χ4v) is 7.01. The normalized spacial score (nSPS) is 17.9. The van der Waals surface area contributed by atoms with Gasteiger partial charge in [-0.1, -0.05) is 35.3 Å². The van der Waals surface area contributed by atoms with Gasteiger partial charge in [0.25, 0.3) is 0 Å². The number of nitrogens with zero attached hydrogens (tertiary/aromatic N) is 5.